The topological polar surface area (TPSA) is 136 Å². The van der Waals surface area contributed by atoms with Crippen molar-refractivity contribution in [1.29, 1.82) is 0 Å². The molecule has 0 bridgehead atoms. The van der Waals surface area contributed by atoms with Gasteiger partial charge < -0.3 is 29.6 Å². The molecule has 6 aromatic rings. The monoisotopic (exact) mass is 660 g/mol. The van der Waals surface area contributed by atoms with Crippen molar-refractivity contribution in [2.45, 2.75) is 31.7 Å². The maximum atomic E-state index is 14.7. The number of likely N-dealkylation sites (tertiary alicyclic amines) is 1. The van der Waals surface area contributed by atoms with Crippen LogP contribution in [0.4, 0.5) is 11.6 Å². The minimum Gasteiger partial charge on any atom is -0.494 e. The van der Waals surface area contributed by atoms with Gasteiger partial charge in [-0.2, -0.15) is 14.6 Å². The highest BCUT2D eigenvalue weighted by atomic mass is 16.5. The van der Waals surface area contributed by atoms with Gasteiger partial charge in [-0.15, -0.1) is 5.10 Å². The Morgan fingerprint density at radius 2 is 1.69 bits per heavy atom. The molecule has 13 heteroatoms. The summed E-state index contributed by atoms with van der Waals surface area (Å²) in [5.41, 5.74) is 8.05. The van der Waals surface area contributed by atoms with Crippen LogP contribution in [0.25, 0.3) is 28.3 Å². The molecule has 4 aromatic heterocycles. The highest BCUT2D eigenvalue weighted by Crippen LogP contribution is 2.34. The van der Waals surface area contributed by atoms with Crippen LogP contribution in [0.5, 0.6) is 5.75 Å². The van der Waals surface area contributed by atoms with Crippen LogP contribution in [0.1, 0.15) is 31.7 Å². The summed E-state index contributed by atoms with van der Waals surface area (Å²) in [7, 11) is 0. The summed E-state index contributed by atoms with van der Waals surface area (Å²) in [6, 6.07) is 21.6. The molecule has 2 aromatic carbocycles. The summed E-state index contributed by atoms with van der Waals surface area (Å²) in [5.74, 6) is 1.84. The first-order valence-electron chi connectivity index (χ1n) is 17.0. The number of aromatic nitrogens is 6. The van der Waals surface area contributed by atoms with Crippen molar-refractivity contribution >= 4 is 34.2 Å². The number of carbonyl (C=O) groups excluding carboxylic acids is 1. The number of rotatable bonds is 10. The Morgan fingerprint density at radius 3 is 2.43 bits per heavy atom. The second-order valence-electron chi connectivity index (χ2n) is 12.9. The van der Waals surface area contributed by atoms with Gasteiger partial charge in [0.05, 0.1) is 24.5 Å². The molecule has 2 saturated heterocycles. The first-order chi connectivity index (χ1) is 24.0. The fourth-order valence-electron chi connectivity index (χ4n) is 7.06. The van der Waals surface area contributed by atoms with Crippen molar-refractivity contribution in [2.75, 3.05) is 63.1 Å². The lowest BCUT2D eigenvalue weighted by Crippen LogP contribution is -2.56. The van der Waals surface area contributed by atoms with Crippen LogP contribution in [0.3, 0.4) is 0 Å². The predicted octanol–water partition coefficient (Wildman–Crippen LogP) is 4.29. The fourth-order valence-corrected chi connectivity index (χ4v) is 7.06. The number of nitrogens with two attached hydrogens (primary N) is 1. The average molecular weight is 661 g/mol. The largest absolute Gasteiger partial charge is 0.494 e. The Morgan fingerprint density at radius 1 is 0.918 bits per heavy atom. The van der Waals surface area contributed by atoms with Gasteiger partial charge in [0, 0.05) is 38.4 Å². The summed E-state index contributed by atoms with van der Waals surface area (Å²) >= 11 is 0. The number of nitrogens with zero attached hydrogens (tertiary/aromatic N) is 9. The Hall–Kier alpha value is -5.43. The average Bonchev–Trinajstić information content (AvgIpc) is 3.98. The van der Waals surface area contributed by atoms with Gasteiger partial charge in [0.2, 0.25) is 11.8 Å². The smallest absolute Gasteiger partial charge is 0.255 e. The molecule has 0 saturated carbocycles. The molecule has 2 aliphatic rings. The zero-order valence-electron chi connectivity index (χ0n) is 27.6. The third-order valence-electron chi connectivity index (χ3n) is 9.80. The van der Waals surface area contributed by atoms with E-state index in [2.05, 4.69) is 27.0 Å². The number of benzene rings is 2. The summed E-state index contributed by atoms with van der Waals surface area (Å²) in [5, 5.41) is 9.89. The zero-order chi connectivity index (χ0) is 33.4. The van der Waals surface area contributed by atoms with Crippen LogP contribution in [0, 0.1) is 0 Å². The third-order valence-corrected chi connectivity index (χ3v) is 9.80. The summed E-state index contributed by atoms with van der Waals surface area (Å²) in [4.78, 5) is 30.8. The van der Waals surface area contributed by atoms with Gasteiger partial charge in [0.15, 0.2) is 22.6 Å². The highest BCUT2D eigenvalue weighted by Gasteiger charge is 2.43. The molecule has 0 aliphatic carbocycles. The molecule has 2 N–H and O–H groups in total. The number of hydrogen-bond donors (Lipinski definition) is 1. The van der Waals surface area contributed by atoms with Crippen molar-refractivity contribution in [3.8, 4) is 17.3 Å². The molecule has 1 atom stereocenters. The van der Waals surface area contributed by atoms with Crippen LogP contribution in [-0.4, -0.2) is 97.5 Å². The van der Waals surface area contributed by atoms with Crippen molar-refractivity contribution in [1.82, 2.24) is 39.2 Å². The lowest BCUT2D eigenvalue weighted by atomic mass is 9.90. The number of piperazine rings is 1. The maximum absolute atomic E-state index is 14.7. The number of hydrogen-bond acceptors (Lipinski definition) is 10. The molecule has 2 aliphatic heterocycles. The van der Waals surface area contributed by atoms with Gasteiger partial charge in [-0.25, -0.2) is 9.67 Å². The van der Waals surface area contributed by atoms with Crippen LogP contribution in [-0.2, 0) is 10.3 Å². The molecule has 49 heavy (non-hydrogen) atoms. The van der Waals surface area contributed by atoms with Gasteiger partial charge in [-0.05, 0) is 81.2 Å². The van der Waals surface area contributed by atoms with E-state index in [1.54, 1.807) is 29.3 Å². The van der Waals surface area contributed by atoms with Gasteiger partial charge in [0.1, 0.15) is 5.75 Å². The first kappa shape index (κ1) is 30.9. The van der Waals surface area contributed by atoms with Crippen molar-refractivity contribution < 1.29 is 13.9 Å². The lowest BCUT2D eigenvalue weighted by molar-refractivity contribution is -0.138. The third kappa shape index (κ3) is 5.73. The standard InChI is InChI=1S/C36H40N10O3/c1-36(26-9-3-2-4-10-26,46-33-29(25-38-46)32-39-31(30-11-7-23-49-30)41-45(32)35(37)40-33)34(47)44-21-19-43(20-22-44)27-12-14-28(15-13-27)48-24-8-18-42-16-5-6-17-42/h2-4,7,9-15,23,25H,5-6,8,16-22,24H2,1H3,(H2,37,40)/t36-/m1/s1. The fraction of sp³-hybridized carbons (Fsp3) is 0.361. The van der Waals surface area contributed by atoms with Gasteiger partial charge in [-0.3, -0.25) is 4.79 Å². The lowest BCUT2D eigenvalue weighted by Gasteiger charge is -2.40. The van der Waals surface area contributed by atoms with Crippen molar-refractivity contribution in [3.63, 3.8) is 0 Å². The molecular weight excluding hydrogens is 620 g/mol. The molecular formula is C36H40N10O3. The van der Waals surface area contributed by atoms with Crippen LogP contribution < -0.4 is 15.4 Å². The van der Waals surface area contributed by atoms with Gasteiger partial charge >= 0.3 is 0 Å². The number of ether oxygens (including phenoxy) is 1. The van der Waals surface area contributed by atoms with E-state index in [-0.39, 0.29) is 11.9 Å². The van der Waals surface area contributed by atoms with E-state index >= 15 is 0 Å². The van der Waals surface area contributed by atoms with E-state index in [1.807, 2.05) is 54.3 Å². The Labute approximate surface area is 283 Å². The van der Waals surface area contributed by atoms with E-state index in [4.69, 9.17) is 30.0 Å². The Bertz CT molecular complexity index is 2040. The molecule has 0 unspecified atom stereocenters. The van der Waals surface area contributed by atoms with Crippen molar-refractivity contribution in [2.24, 2.45) is 0 Å². The van der Waals surface area contributed by atoms with Crippen LogP contribution in [0.2, 0.25) is 0 Å². The molecule has 6 heterocycles. The van der Waals surface area contributed by atoms with E-state index in [9.17, 15) is 4.79 Å². The molecule has 13 nitrogen and oxygen atoms in total. The summed E-state index contributed by atoms with van der Waals surface area (Å²) in [6.07, 6.45) is 6.90. The highest BCUT2D eigenvalue weighted by molar-refractivity contribution is 5.94. The Balaban J connectivity index is 1.01. The number of anilines is 2. The maximum Gasteiger partial charge on any atom is 0.255 e. The molecule has 2 fully saturated rings. The van der Waals surface area contributed by atoms with Crippen molar-refractivity contribution in [3.05, 3.63) is 84.8 Å². The second kappa shape index (κ2) is 12.9. The van der Waals surface area contributed by atoms with E-state index in [0.29, 0.717) is 54.4 Å². The first-order valence-corrected chi connectivity index (χ1v) is 17.0. The normalized spacial score (nSPS) is 16.8. The van der Waals surface area contributed by atoms with Gasteiger partial charge in [0.25, 0.3) is 5.91 Å². The zero-order valence-corrected chi connectivity index (χ0v) is 27.6. The molecule has 0 spiro atoms. The number of nitrogen functional groups attached to an aromatic ring is 1. The minimum absolute atomic E-state index is 0.0704. The summed E-state index contributed by atoms with van der Waals surface area (Å²) < 4.78 is 14.7. The molecule has 8 rings (SSSR count). The van der Waals surface area contributed by atoms with E-state index in [0.717, 1.165) is 36.6 Å². The van der Waals surface area contributed by atoms with Crippen LogP contribution >= 0.6 is 0 Å². The van der Waals surface area contributed by atoms with E-state index in [1.165, 1.54) is 30.4 Å². The molecule has 0 radical (unpaired) electrons. The quantitative estimate of drug-likeness (QED) is 0.212. The molecule has 252 valence electrons. The van der Waals surface area contributed by atoms with Crippen LogP contribution in [0.15, 0.2) is 83.6 Å². The number of fused-ring (bicyclic) bond motifs is 3. The van der Waals surface area contributed by atoms with Gasteiger partial charge in [-0.1, -0.05) is 30.3 Å². The summed E-state index contributed by atoms with van der Waals surface area (Å²) in [6.45, 7) is 8.68. The minimum atomic E-state index is -1.21. The van der Waals surface area contributed by atoms with E-state index < -0.39 is 5.54 Å². The number of amides is 1. The second-order valence-corrected chi connectivity index (χ2v) is 12.9. The number of carbonyl (C=O) groups is 1. The molecule has 1 amide bonds. The SMILES string of the molecule is C[C@](C(=O)N1CCN(c2ccc(OCCCN3CCCC3)cc2)CC1)(c1ccccc1)n1ncc2c1nc(N)n1nc(-c3ccco3)nc21. The number of furan rings is 1. The predicted molar refractivity (Wildman–Crippen MR) is 186 cm³/mol. The Kier molecular flexibility index (Phi) is 8.12.